The molecule has 0 amide bonds. The van der Waals surface area contributed by atoms with Crippen LogP contribution in [-0.2, 0) is 6.42 Å². The highest BCUT2D eigenvalue weighted by Gasteiger charge is 2.14. The number of aryl methyl sites for hydroxylation is 1. The maximum atomic E-state index is 9.12. The van der Waals surface area contributed by atoms with Crippen molar-refractivity contribution in [2.75, 3.05) is 0 Å². The first kappa shape index (κ1) is 11.9. The van der Waals surface area contributed by atoms with Crippen LogP contribution in [0.4, 0.5) is 0 Å². The number of aromatic nitrogens is 1. The Balaban J connectivity index is 1.84. The van der Waals surface area contributed by atoms with Crippen molar-refractivity contribution in [3.63, 3.8) is 0 Å². The van der Waals surface area contributed by atoms with E-state index in [2.05, 4.69) is 5.32 Å². The summed E-state index contributed by atoms with van der Waals surface area (Å²) >= 11 is 0. The second-order valence-corrected chi connectivity index (χ2v) is 4.69. The predicted molar refractivity (Wildman–Crippen MR) is 65.3 cm³/mol. The smallest absolute Gasteiger partial charge is 0.222 e. The van der Waals surface area contributed by atoms with Gasteiger partial charge in [-0.1, -0.05) is 6.42 Å². The molecular formula is C13H20N3O+. The van der Waals surface area contributed by atoms with E-state index in [1.807, 2.05) is 12.1 Å². The van der Waals surface area contributed by atoms with Crippen molar-refractivity contribution in [3.8, 4) is 0 Å². The molecule has 0 spiro atoms. The van der Waals surface area contributed by atoms with Gasteiger partial charge < -0.3 is 5.32 Å². The molecule has 2 rings (SSSR count). The van der Waals surface area contributed by atoms with Crippen LogP contribution in [-0.4, -0.2) is 17.1 Å². The van der Waals surface area contributed by atoms with Gasteiger partial charge >= 0.3 is 0 Å². The second-order valence-electron chi connectivity index (χ2n) is 4.69. The van der Waals surface area contributed by atoms with Gasteiger partial charge in [0.2, 0.25) is 12.4 Å². The first-order chi connectivity index (χ1) is 8.24. The van der Waals surface area contributed by atoms with Crippen LogP contribution in [0.5, 0.6) is 0 Å². The molecule has 4 nitrogen and oxygen atoms in total. The van der Waals surface area contributed by atoms with E-state index in [4.69, 9.17) is 10.6 Å². The lowest BCUT2D eigenvalue weighted by atomic mass is 10.0. The van der Waals surface area contributed by atoms with Gasteiger partial charge in [0.1, 0.15) is 0 Å². The molecule has 0 aliphatic carbocycles. The van der Waals surface area contributed by atoms with E-state index in [0.717, 1.165) is 36.8 Å². The normalized spacial score (nSPS) is 20.7. The molecule has 1 atom stereocenters. The molecule has 1 aromatic rings. The Morgan fingerprint density at radius 3 is 2.88 bits per heavy atom. The number of hydrogen-bond donors (Lipinski definition) is 3. The number of rotatable bonds is 3. The summed E-state index contributed by atoms with van der Waals surface area (Å²) < 4.78 is 1.06. The number of pyridine rings is 1. The summed E-state index contributed by atoms with van der Waals surface area (Å²) in [7, 11) is 0. The van der Waals surface area contributed by atoms with Crippen molar-refractivity contribution in [2.45, 2.75) is 44.6 Å². The third kappa shape index (κ3) is 3.73. The monoisotopic (exact) mass is 234 g/mol. The van der Waals surface area contributed by atoms with E-state index >= 15 is 0 Å². The van der Waals surface area contributed by atoms with E-state index in [0.29, 0.717) is 11.9 Å². The largest absolute Gasteiger partial charge is 0.371 e. The summed E-state index contributed by atoms with van der Waals surface area (Å²) in [5.74, 6) is 0.689. The minimum atomic E-state index is 0.437. The van der Waals surface area contributed by atoms with Crippen LogP contribution < -0.4 is 10.0 Å². The standard InChI is InChI=1S/C13H20N3O/c14-13-4-2-1-3-12(15-13)6-5-11-7-9-16(17)10-8-11/h7-10,12,17H,1-6H2,(H2,14,15)/q+1. The number of hydrogen-bond acceptors (Lipinski definition) is 2. The lowest BCUT2D eigenvalue weighted by Crippen LogP contribution is -2.32. The Morgan fingerprint density at radius 1 is 1.35 bits per heavy atom. The van der Waals surface area contributed by atoms with Crippen LogP contribution in [0.3, 0.4) is 0 Å². The molecule has 92 valence electrons. The lowest BCUT2D eigenvalue weighted by Gasteiger charge is -2.16. The molecule has 4 heteroatoms. The average molecular weight is 234 g/mol. The second kappa shape index (κ2) is 5.66. The van der Waals surface area contributed by atoms with Gasteiger partial charge in [0.05, 0.1) is 5.84 Å². The predicted octanol–water partition coefficient (Wildman–Crippen LogP) is 1.65. The molecule has 1 saturated heterocycles. The van der Waals surface area contributed by atoms with E-state index in [1.54, 1.807) is 12.4 Å². The maximum Gasteiger partial charge on any atom is 0.222 e. The summed E-state index contributed by atoms with van der Waals surface area (Å²) in [4.78, 5) is 0. The van der Waals surface area contributed by atoms with Gasteiger partial charge in [0, 0.05) is 29.3 Å². The van der Waals surface area contributed by atoms with E-state index in [-0.39, 0.29) is 0 Å². The van der Waals surface area contributed by atoms with Gasteiger partial charge in [-0.25, -0.2) is 0 Å². The molecule has 3 N–H and O–H groups in total. The van der Waals surface area contributed by atoms with Crippen molar-refractivity contribution < 1.29 is 9.94 Å². The minimum absolute atomic E-state index is 0.437. The van der Waals surface area contributed by atoms with E-state index < -0.39 is 0 Å². The average Bonchev–Trinajstić information content (AvgIpc) is 2.53. The summed E-state index contributed by atoms with van der Waals surface area (Å²) in [5, 5.41) is 20.1. The molecule has 1 unspecified atom stereocenters. The zero-order chi connectivity index (χ0) is 12.1. The fraction of sp³-hybridized carbons (Fsp3) is 0.538. The molecule has 17 heavy (non-hydrogen) atoms. The SMILES string of the molecule is N=C1CCCCC(CCc2cc[n+](O)cc2)N1. The zero-order valence-corrected chi connectivity index (χ0v) is 10.0. The van der Waals surface area contributed by atoms with Crippen molar-refractivity contribution >= 4 is 5.84 Å². The molecule has 1 aromatic heterocycles. The number of amidine groups is 1. The van der Waals surface area contributed by atoms with Crippen LogP contribution >= 0.6 is 0 Å². The molecule has 0 bridgehead atoms. The summed E-state index contributed by atoms with van der Waals surface area (Å²) in [6, 6.07) is 4.30. The van der Waals surface area contributed by atoms with Crippen LogP contribution in [0.1, 0.15) is 37.7 Å². The molecule has 2 heterocycles. The van der Waals surface area contributed by atoms with Crippen molar-refractivity contribution in [1.82, 2.24) is 5.32 Å². The Hall–Kier alpha value is -1.58. The van der Waals surface area contributed by atoms with Crippen LogP contribution in [0, 0.1) is 5.41 Å². The summed E-state index contributed by atoms with van der Waals surface area (Å²) in [6.45, 7) is 0. The van der Waals surface area contributed by atoms with E-state index in [9.17, 15) is 0 Å². The van der Waals surface area contributed by atoms with E-state index in [1.165, 1.54) is 12.0 Å². The molecule has 1 fully saturated rings. The summed E-state index contributed by atoms with van der Waals surface area (Å²) in [6.07, 6.45) is 9.75. The fourth-order valence-corrected chi connectivity index (χ4v) is 2.26. The highest BCUT2D eigenvalue weighted by Crippen LogP contribution is 2.14. The minimum Gasteiger partial charge on any atom is -0.371 e. The number of nitrogens with zero attached hydrogens (tertiary/aromatic N) is 1. The van der Waals surface area contributed by atoms with Crippen LogP contribution in [0.2, 0.25) is 0 Å². The molecule has 0 aromatic carbocycles. The van der Waals surface area contributed by atoms with Crippen LogP contribution in [0.15, 0.2) is 24.5 Å². The third-order valence-electron chi connectivity index (χ3n) is 3.27. The van der Waals surface area contributed by atoms with Gasteiger partial charge in [-0.3, -0.25) is 10.6 Å². The first-order valence-corrected chi connectivity index (χ1v) is 6.27. The highest BCUT2D eigenvalue weighted by molar-refractivity contribution is 5.79. The first-order valence-electron chi connectivity index (χ1n) is 6.27. The van der Waals surface area contributed by atoms with Crippen molar-refractivity contribution in [1.29, 1.82) is 5.41 Å². The molecule has 1 aliphatic heterocycles. The maximum absolute atomic E-state index is 9.12. The van der Waals surface area contributed by atoms with Crippen LogP contribution in [0.25, 0.3) is 0 Å². The quantitative estimate of drug-likeness (QED) is 0.550. The summed E-state index contributed by atoms with van der Waals surface area (Å²) in [5.41, 5.74) is 1.23. The number of nitrogens with one attached hydrogen (secondary N) is 2. The van der Waals surface area contributed by atoms with Crippen molar-refractivity contribution in [3.05, 3.63) is 30.1 Å². The molecule has 1 aliphatic rings. The topological polar surface area (TPSA) is 60.0 Å². The van der Waals surface area contributed by atoms with Gasteiger partial charge in [-0.05, 0) is 31.2 Å². The zero-order valence-electron chi connectivity index (χ0n) is 10.0. The Kier molecular flexibility index (Phi) is 3.96. The highest BCUT2D eigenvalue weighted by atomic mass is 16.5. The Labute approximate surface area is 102 Å². The van der Waals surface area contributed by atoms with Gasteiger partial charge in [-0.15, -0.1) is 0 Å². The lowest BCUT2D eigenvalue weighted by molar-refractivity contribution is -0.904. The molecule has 0 radical (unpaired) electrons. The Morgan fingerprint density at radius 2 is 2.12 bits per heavy atom. The van der Waals surface area contributed by atoms with Gasteiger partial charge in [0.15, 0.2) is 0 Å². The van der Waals surface area contributed by atoms with Gasteiger partial charge in [-0.2, -0.15) is 0 Å². The Bertz CT molecular complexity index is 375. The fourth-order valence-electron chi connectivity index (χ4n) is 2.26. The van der Waals surface area contributed by atoms with Gasteiger partial charge in [0.25, 0.3) is 0 Å². The molecule has 0 saturated carbocycles. The van der Waals surface area contributed by atoms with Crippen molar-refractivity contribution in [2.24, 2.45) is 0 Å². The third-order valence-corrected chi connectivity index (χ3v) is 3.27. The molecular weight excluding hydrogens is 214 g/mol.